The van der Waals surface area contributed by atoms with E-state index in [1.807, 2.05) is 13.8 Å². The highest BCUT2D eigenvalue weighted by Gasteiger charge is 2.16. The molecule has 0 amide bonds. The van der Waals surface area contributed by atoms with Crippen molar-refractivity contribution < 1.29 is 14.5 Å². The van der Waals surface area contributed by atoms with Gasteiger partial charge in [0.2, 0.25) is 0 Å². The normalized spacial score (nSPS) is 11.0. The molecule has 0 spiro atoms. The molecule has 7 heteroatoms. The first-order chi connectivity index (χ1) is 11.5. The highest BCUT2D eigenvalue weighted by Crippen LogP contribution is 2.27. The zero-order valence-corrected chi connectivity index (χ0v) is 13.2. The number of aldehydes is 1. The van der Waals surface area contributed by atoms with Crippen LogP contribution >= 0.6 is 0 Å². The second-order valence-corrected chi connectivity index (χ2v) is 5.53. The van der Waals surface area contributed by atoms with E-state index in [9.17, 15) is 14.9 Å². The van der Waals surface area contributed by atoms with Crippen molar-refractivity contribution in [1.29, 1.82) is 0 Å². The molecule has 0 radical (unpaired) electrons. The molecule has 0 aliphatic rings. The van der Waals surface area contributed by atoms with Crippen LogP contribution in [0.15, 0.2) is 42.6 Å². The van der Waals surface area contributed by atoms with Crippen LogP contribution in [-0.4, -0.2) is 26.7 Å². The van der Waals surface area contributed by atoms with Gasteiger partial charge in [0.25, 0.3) is 5.69 Å². The monoisotopic (exact) mass is 325 g/mol. The minimum atomic E-state index is -0.508. The van der Waals surface area contributed by atoms with Crippen molar-refractivity contribution >= 4 is 17.6 Å². The second kappa shape index (κ2) is 6.11. The van der Waals surface area contributed by atoms with Gasteiger partial charge in [-0.3, -0.25) is 19.3 Å². The number of fused-ring (bicyclic) bond motifs is 1. The van der Waals surface area contributed by atoms with Crippen LogP contribution in [0, 0.1) is 10.1 Å². The van der Waals surface area contributed by atoms with Crippen LogP contribution in [0.1, 0.15) is 24.3 Å². The van der Waals surface area contributed by atoms with Crippen LogP contribution in [0.2, 0.25) is 0 Å². The molecule has 0 aliphatic heterocycles. The van der Waals surface area contributed by atoms with Crippen LogP contribution in [0.4, 0.5) is 5.69 Å². The first-order valence-electron chi connectivity index (χ1n) is 7.38. The average molecular weight is 325 g/mol. The minimum absolute atomic E-state index is 0.0668. The molecule has 0 fully saturated rings. The quantitative estimate of drug-likeness (QED) is 0.407. The number of nitro groups is 1. The van der Waals surface area contributed by atoms with Gasteiger partial charge in [-0.2, -0.15) is 0 Å². The van der Waals surface area contributed by atoms with Crippen molar-refractivity contribution in [3.8, 4) is 17.0 Å². The fourth-order valence-corrected chi connectivity index (χ4v) is 2.45. The van der Waals surface area contributed by atoms with Crippen molar-refractivity contribution in [2.75, 3.05) is 0 Å². The lowest BCUT2D eigenvalue weighted by Gasteiger charge is -2.09. The lowest BCUT2D eigenvalue weighted by atomic mass is 10.1. The van der Waals surface area contributed by atoms with Gasteiger partial charge < -0.3 is 4.74 Å². The van der Waals surface area contributed by atoms with E-state index in [0.29, 0.717) is 17.6 Å². The lowest BCUT2D eigenvalue weighted by Crippen LogP contribution is -2.05. The molecule has 0 N–H and O–H groups in total. The summed E-state index contributed by atoms with van der Waals surface area (Å²) in [5.74, 6) is 0.723. The highest BCUT2D eigenvalue weighted by molar-refractivity contribution is 5.86. The Morgan fingerprint density at radius 3 is 2.50 bits per heavy atom. The van der Waals surface area contributed by atoms with Gasteiger partial charge in [0.15, 0.2) is 6.29 Å². The number of pyridine rings is 1. The molecule has 7 nitrogen and oxygen atoms in total. The SMILES string of the molecule is CC(C)Oc1ccc(-c2nc3ccc([N+](=O)[O-])cn3c2C=O)cc1. The van der Waals surface area contributed by atoms with Gasteiger partial charge in [-0.1, -0.05) is 0 Å². The summed E-state index contributed by atoms with van der Waals surface area (Å²) in [5, 5.41) is 10.9. The van der Waals surface area contributed by atoms with Gasteiger partial charge in [0.1, 0.15) is 22.8 Å². The third-order valence-corrected chi connectivity index (χ3v) is 3.46. The molecule has 0 atom stereocenters. The minimum Gasteiger partial charge on any atom is -0.491 e. The highest BCUT2D eigenvalue weighted by atomic mass is 16.6. The van der Waals surface area contributed by atoms with Gasteiger partial charge in [-0.05, 0) is 44.2 Å². The maximum Gasteiger partial charge on any atom is 0.286 e. The topological polar surface area (TPSA) is 86.7 Å². The number of benzene rings is 1. The van der Waals surface area contributed by atoms with Crippen molar-refractivity contribution in [2.24, 2.45) is 0 Å². The number of nitrogens with zero attached hydrogens (tertiary/aromatic N) is 3. The predicted octanol–water partition coefficient (Wildman–Crippen LogP) is 3.51. The molecule has 3 rings (SSSR count). The van der Waals surface area contributed by atoms with Gasteiger partial charge in [-0.15, -0.1) is 0 Å². The number of carbonyl (C=O) groups is 1. The molecule has 0 unspecified atom stereocenters. The van der Waals surface area contributed by atoms with Crippen LogP contribution in [0.5, 0.6) is 5.75 Å². The average Bonchev–Trinajstić information content (AvgIpc) is 2.92. The third-order valence-electron chi connectivity index (χ3n) is 3.46. The maximum atomic E-state index is 11.5. The van der Waals surface area contributed by atoms with Crippen molar-refractivity contribution in [2.45, 2.75) is 20.0 Å². The summed E-state index contributed by atoms with van der Waals surface area (Å²) in [6.45, 7) is 3.88. The largest absolute Gasteiger partial charge is 0.491 e. The van der Waals surface area contributed by atoms with E-state index in [2.05, 4.69) is 4.98 Å². The molecule has 24 heavy (non-hydrogen) atoms. The van der Waals surface area contributed by atoms with Crippen LogP contribution in [0.3, 0.4) is 0 Å². The molecular formula is C17H15N3O4. The first-order valence-corrected chi connectivity index (χ1v) is 7.38. The Hall–Kier alpha value is -3.22. The smallest absolute Gasteiger partial charge is 0.286 e. The van der Waals surface area contributed by atoms with Crippen LogP contribution < -0.4 is 4.74 Å². The number of aromatic nitrogens is 2. The number of hydrogen-bond donors (Lipinski definition) is 0. The summed E-state index contributed by atoms with van der Waals surface area (Å²) >= 11 is 0. The van der Waals surface area contributed by atoms with Crippen LogP contribution in [0.25, 0.3) is 16.9 Å². The molecule has 0 bridgehead atoms. The summed E-state index contributed by atoms with van der Waals surface area (Å²) in [6.07, 6.45) is 2.01. The molecule has 2 aromatic heterocycles. The lowest BCUT2D eigenvalue weighted by molar-refractivity contribution is -0.385. The fraction of sp³-hybridized carbons (Fsp3) is 0.176. The third kappa shape index (κ3) is 2.83. The summed E-state index contributed by atoms with van der Waals surface area (Å²) in [6, 6.07) is 10.1. The van der Waals surface area contributed by atoms with E-state index < -0.39 is 4.92 Å². The zero-order valence-electron chi connectivity index (χ0n) is 13.2. The summed E-state index contributed by atoms with van der Waals surface area (Å²) in [5.41, 5.74) is 1.85. The molecular weight excluding hydrogens is 310 g/mol. The number of rotatable bonds is 5. The van der Waals surface area contributed by atoms with Gasteiger partial charge in [0, 0.05) is 11.6 Å². The first kappa shape index (κ1) is 15.7. The molecule has 1 aromatic carbocycles. The number of imidazole rings is 1. The predicted molar refractivity (Wildman–Crippen MR) is 88.4 cm³/mol. The standard InChI is InChI=1S/C17H15N3O4/c1-11(2)24-14-6-3-12(4-7-14)17-15(10-21)19-9-13(20(22)23)5-8-16(19)18-17/h3-11H,1-2H3. The molecule has 2 heterocycles. The Bertz CT molecular complexity index is 913. The number of carbonyl (C=O) groups excluding carboxylic acids is 1. The summed E-state index contributed by atoms with van der Waals surface area (Å²) < 4.78 is 7.02. The Morgan fingerprint density at radius 2 is 1.92 bits per heavy atom. The van der Waals surface area contributed by atoms with Gasteiger partial charge >= 0.3 is 0 Å². The van der Waals surface area contributed by atoms with E-state index in [4.69, 9.17) is 4.74 Å². The van der Waals surface area contributed by atoms with Gasteiger partial charge in [0.05, 0.1) is 17.2 Å². The van der Waals surface area contributed by atoms with Crippen molar-refractivity contribution in [3.05, 3.63) is 58.4 Å². The summed E-state index contributed by atoms with van der Waals surface area (Å²) in [7, 11) is 0. The van der Waals surface area contributed by atoms with E-state index in [1.165, 1.54) is 22.7 Å². The Labute approximate surface area is 137 Å². The van der Waals surface area contributed by atoms with Gasteiger partial charge in [-0.25, -0.2) is 4.98 Å². The molecule has 0 saturated carbocycles. The Balaban J connectivity index is 2.08. The molecule has 0 saturated heterocycles. The van der Waals surface area contributed by atoms with E-state index >= 15 is 0 Å². The fourth-order valence-electron chi connectivity index (χ4n) is 2.45. The number of hydrogen-bond acceptors (Lipinski definition) is 5. The van der Waals surface area contributed by atoms with E-state index in [-0.39, 0.29) is 17.5 Å². The van der Waals surface area contributed by atoms with E-state index in [0.717, 1.165) is 11.3 Å². The zero-order chi connectivity index (χ0) is 17.3. The summed E-state index contributed by atoms with van der Waals surface area (Å²) in [4.78, 5) is 26.3. The van der Waals surface area contributed by atoms with Crippen LogP contribution in [-0.2, 0) is 0 Å². The van der Waals surface area contributed by atoms with E-state index in [1.54, 1.807) is 24.3 Å². The second-order valence-electron chi connectivity index (χ2n) is 5.53. The van der Waals surface area contributed by atoms with Crippen molar-refractivity contribution in [1.82, 2.24) is 9.38 Å². The maximum absolute atomic E-state index is 11.5. The Kier molecular flexibility index (Phi) is 3.99. The molecule has 122 valence electrons. The Morgan fingerprint density at radius 1 is 1.21 bits per heavy atom. The number of ether oxygens (including phenoxy) is 1. The molecule has 3 aromatic rings. The molecule has 0 aliphatic carbocycles. The van der Waals surface area contributed by atoms with Crippen molar-refractivity contribution in [3.63, 3.8) is 0 Å².